The lowest BCUT2D eigenvalue weighted by Crippen LogP contribution is -2.37. The van der Waals surface area contributed by atoms with Crippen LogP contribution in [0.1, 0.15) is 45.2 Å². The van der Waals surface area contributed by atoms with Crippen LogP contribution in [0.4, 0.5) is 0 Å². The van der Waals surface area contributed by atoms with E-state index in [2.05, 4.69) is 37.4 Å². The molecule has 96 valence electrons. The van der Waals surface area contributed by atoms with E-state index in [1.54, 1.807) is 0 Å². The van der Waals surface area contributed by atoms with Crippen LogP contribution < -0.4 is 11.1 Å². The lowest BCUT2D eigenvalue weighted by atomic mass is 9.88. The van der Waals surface area contributed by atoms with Crippen molar-refractivity contribution < 1.29 is 0 Å². The van der Waals surface area contributed by atoms with Gasteiger partial charge in [-0.3, -0.25) is 4.68 Å². The van der Waals surface area contributed by atoms with E-state index in [9.17, 15) is 0 Å². The largest absolute Gasteiger partial charge is 0.330 e. The highest BCUT2D eigenvalue weighted by Crippen LogP contribution is 2.29. The van der Waals surface area contributed by atoms with E-state index >= 15 is 0 Å². The van der Waals surface area contributed by atoms with Crippen molar-refractivity contribution in [3.8, 4) is 0 Å². The molecule has 2 rings (SSSR count). The van der Waals surface area contributed by atoms with Gasteiger partial charge in [0.2, 0.25) is 0 Å². The minimum atomic E-state index is 0.0468. The first-order valence-electron chi connectivity index (χ1n) is 6.51. The molecule has 1 aliphatic heterocycles. The molecule has 4 heteroatoms. The van der Waals surface area contributed by atoms with Gasteiger partial charge >= 0.3 is 0 Å². The van der Waals surface area contributed by atoms with Crippen molar-refractivity contribution in [3.05, 3.63) is 18.0 Å². The fraction of sp³-hybridized carbons (Fsp3) is 0.769. The van der Waals surface area contributed by atoms with Gasteiger partial charge in [0, 0.05) is 17.8 Å². The molecule has 17 heavy (non-hydrogen) atoms. The molecular weight excluding hydrogens is 212 g/mol. The Morgan fingerprint density at radius 1 is 1.53 bits per heavy atom. The van der Waals surface area contributed by atoms with E-state index in [4.69, 9.17) is 5.73 Å². The van der Waals surface area contributed by atoms with Crippen LogP contribution in [0, 0.1) is 5.92 Å². The number of rotatable bonds is 2. The van der Waals surface area contributed by atoms with Crippen LogP contribution in [0.5, 0.6) is 0 Å². The average molecular weight is 236 g/mol. The minimum Gasteiger partial charge on any atom is -0.330 e. The molecule has 1 fully saturated rings. The molecule has 0 aliphatic carbocycles. The Kier molecular flexibility index (Phi) is 3.54. The van der Waals surface area contributed by atoms with E-state index < -0.39 is 0 Å². The first-order valence-corrected chi connectivity index (χ1v) is 6.51. The molecule has 0 saturated carbocycles. The van der Waals surface area contributed by atoms with Crippen molar-refractivity contribution in [1.82, 2.24) is 15.1 Å². The maximum Gasteiger partial charge on any atom is 0.0543 e. The lowest BCUT2D eigenvalue weighted by Gasteiger charge is -2.31. The molecule has 1 aromatic rings. The van der Waals surface area contributed by atoms with Gasteiger partial charge in [-0.1, -0.05) is 0 Å². The van der Waals surface area contributed by atoms with Crippen molar-refractivity contribution in [2.24, 2.45) is 11.7 Å². The van der Waals surface area contributed by atoms with Crippen LogP contribution in [0.25, 0.3) is 0 Å². The van der Waals surface area contributed by atoms with Gasteiger partial charge in [0.25, 0.3) is 0 Å². The first-order chi connectivity index (χ1) is 8.02. The number of hydrogen-bond donors (Lipinski definition) is 2. The van der Waals surface area contributed by atoms with E-state index in [1.165, 1.54) is 18.4 Å². The summed E-state index contributed by atoms with van der Waals surface area (Å²) < 4.78 is 2.03. The molecular formula is C13H24N4. The zero-order chi connectivity index (χ0) is 12.5. The highest BCUT2D eigenvalue weighted by molar-refractivity contribution is 5.14. The van der Waals surface area contributed by atoms with E-state index in [0.29, 0.717) is 12.0 Å². The molecule has 4 nitrogen and oxygen atoms in total. The number of hydrogen-bond acceptors (Lipinski definition) is 3. The third-order valence-electron chi connectivity index (χ3n) is 3.54. The summed E-state index contributed by atoms with van der Waals surface area (Å²) in [6, 6.07) is 0.379. The maximum absolute atomic E-state index is 5.86. The Hall–Kier alpha value is -0.870. The average Bonchev–Trinajstić information content (AvgIpc) is 2.77. The predicted molar refractivity (Wildman–Crippen MR) is 69.7 cm³/mol. The second-order valence-electron chi connectivity index (χ2n) is 5.96. The molecule has 3 N–H and O–H groups in total. The summed E-state index contributed by atoms with van der Waals surface area (Å²) in [5.41, 5.74) is 7.18. The quantitative estimate of drug-likeness (QED) is 0.820. The van der Waals surface area contributed by atoms with Crippen LogP contribution in [0.3, 0.4) is 0 Å². The molecule has 0 radical (unpaired) electrons. The summed E-state index contributed by atoms with van der Waals surface area (Å²) in [7, 11) is 0. The Morgan fingerprint density at radius 3 is 2.88 bits per heavy atom. The predicted octanol–water partition coefficient (Wildman–Crippen LogP) is 1.64. The lowest BCUT2D eigenvalue weighted by molar-refractivity contribution is 0.290. The Balaban J connectivity index is 2.18. The number of nitrogens with two attached hydrogens (primary N) is 1. The van der Waals surface area contributed by atoms with Gasteiger partial charge in [-0.25, -0.2) is 0 Å². The molecule has 2 atom stereocenters. The van der Waals surface area contributed by atoms with E-state index in [-0.39, 0.29) is 5.54 Å². The molecule has 1 aliphatic rings. The Morgan fingerprint density at radius 2 is 2.29 bits per heavy atom. The summed E-state index contributed by atoms with van der Waals surface area (Å²) in [6.45, 7) is 8.33. The highest BCUT2D eigenvalue weighted by Gasteiger charge is 2.27. The van der Waals surface area contributed by atoms with E-state index in [0.717, 1.165) is 13.1 Å². The van der Waals surface area contributed by atoms with Gasteiger partial charge < -0.3 is 11.1 Å². The number of aromatic nitrogens is 2. The van der Waals surface area contributed by atoms with E-state index in [1.807, 2.05) is 10.9 Å². The van der Waals surface area contributed by atoms with Crippen molar-refractivity contribution >= 4 is 0 Å². The summed E-state index contributed by atoms with van der Waals surface area (Å²) in [6.07, 6.45) is 6.59. The molecule has 1 aromatic heterocycles. The van der Waals surface area contributed by atoms with Gasteiger partial charge in [0.1, 0.15) is 0 Å². The van der Waals surface area contributed by atoms with Crippen molar-refractivity contribution in [1.29, 1.82) is 0 Å². The topological polar surface area (TPSA) is 55.9 Å². The van der Waals surface area contributed by atoms with Gasteiger partial charge in [-0.15, -0.1) is 0 Å². The maximum atomic E-state index is 5.86. The number of nitrogens with one attached hydrogen (secondary N) is 1. The van der Waals surface area contributed by atoms with Crippen molar-refractivity contribution in [2.75, 3.05) is 13.1 Å². The fourth-order valence-electron chi connectivity index (χ4n) is 2.46. The number of piperidine rings is 1. The third kappa shape index (κ3) is 2.69. The fourth-order valence-corrected chi connectivity index (χ4v) is 2.46. The monoisotopic (exact) mass is 236 g/mol. The molecule has 2 unspecified atom stereocenters. The van der Waals surface area contributed by atoms with Gasteiger partial charge in [0.05, 0.1) is 11.7 Å². The summed E-state index contributed by atoms with van der Waals surface area (Å²) in [4.78, 5) is 0. The minimum absolute atomic E-state index is 0.0468. The van der Waals surface area contributed by atoms with Crippen molar-refractivity contribution in [2.45, 2.75) is 45.2 Å². The molecule has 0 spiro atoms. The standard InChI is InChI=1S/C13H24N4/c1-13(2,3)17-9-11(8-16-17)12-10(7-14)5-4-6-15-12/h8-10,12,15H,4-7,14H2,1-3H3. The SMILES string of the molecule is CC(C)(C)n1cc(C2NCCCC2CN)cn1. The van der Waals surface area contributed by atoms with Gasteiger partial charge in [-0.05, 0) is 52.6 Å². The molecule has 2 heterocycles. The van der Waals surface area contributed by atoms with Gasteiger partial charge in [0.15, 0.2) is 0 Å². The second kappa shape index (κ2) is 4.78. The molecule has 0 bridgehead atoms. The zero-order valence-electron chi connectivity index (χ0n) is 11.1. The van der Waals surface area contributed by atoms with Gasteiger partial charge in [-0.2, -0.15) is 5.10 Å². The second-order valence-corrected chi connectivity index (χ2v) is 5.96. The Bertz CT molecular complexity index is 364. The summed E-state index contributed by atoms with van der Waals surface area (Å²) >= 11 is 0. The van der Waals surface area contributed by atoms with Crippen LogP contribution >= 0.6 is 0 Å². The normalized spacial score (nSPS) is 26.1. The van der Waals surface area contributed by atoms with Crippen molar-refractivity contribution in [3.63, 3.8) is 0 Å². The molecule has 0 amide bonds. The van der Waals surface area contributed by atoms with Crippen LogP contribution in [-0.4, -0.2) is 22.9 Å². The third-order valence-corrected chi connectivity index (χ3v) is 3.54. The summed E-state index contributed by atoms with van der Waals surface area (Å²) in [5, 5.41) is 8.04. The summed E-state index contributed by atoms with van der Waals surface area (Å²) in [5.74, 6) is 0.543. The number of nitrogens with zero attached hydrogens (tertiary/aromatic N) is 2. The van der Waals surface area contributed by atoms with Crippen LogP contribution in [0.2, 0.25) is 0 Å². The molecule has 1 saturated heterocycles. The highest BCUT2D eigenvalue weighted by atomic mass is 15.3. The Labute approximate surface area is 104 Å². The van der Waals surface area contributed by atoms with Crippen LogP contribution in [-0.2, 0) is 5.54 Å². The molecule has 0 aromatic carbocycles. The van der Waals surface area contributed by atoms with Crippen LogP contribution in [0.15, 0.2) is 12.4 Å². The smallest absolute Gasteiger partial charge is 0.0543 e. The zero-order valence-corrected chi connectivity index (χ0v) is 11.1. The first kappa shape index (κ1) is 12.6.